The van der Waals surface area contributed by atoms with Crippen molar-refractivity contribution in [3.8, 4) is 0 Å². The first kappa shape index (κ1) is 15.7. The van der Waals surface area contributed by atoms with Gasteiger partial charge in [-0.2, -0.15) is 0 Å². The third-order valence-electron chi connectivity index (χ3n) is 5.01. The van der Waals surface area contributed by atoms with Crippen LogP contribution in [0.15, 0.2) is 0 Å². The van der Waals surface area contributed by atoms with Crippen molar-refractivity contribution in [1.82, 2.24) is 10.6 Å². The first-order valence-electron chi connectivity index (χ1n) is 7.92. The second kappa shape index (κ2) is 6.87. The summed E-state index contributed by atoms with van der Waals surface area (Å²) in [4.78, 5) is 12.3. The van der Waals surface area contributed by atoms with Crippen LogP contribution in [-0.4, -0.2) is 50.5 Å². The topological polar surface area (TPSA) is 59.6 Å². The maximum atomic E-state index is 12.3. The minimum Gasteiger partial charge on any atom is -0.378 e. The molecule has 1 heterocycles. The summed E-state index contributed by atoms with van der Waals surface area (Å²) in [6.45, 7) is 9.19. The number of morpholine rings is 1. The zero-order chi connectivity index (χ0) is 14.6. The predicted molar refractivity (Wildman–Crippen MR) is 77.6 cm³/mol. The van der Waals surface area contributed by atoms with E-state index in [4.69, 9.17) is 9.47 Å². The Labute approximate surface area is 121 Å². The van der Waals surface area contributed by atoms with E-state index >= 15 is 0 Å². The van der Waals surface area contributed by atoms with Crippen LogP contribution < -0.4 is 10.6 Å². The zero-order valence-corrected chi connectivity index (χ0v) is 12.9. The molecule has 116 valence electrons. The van der Waals surface area contributed by atoms with E-state index in [1.807, 2.05) is 6.92 Å². The second-order valence-electron chi connectivity index (χ2n) is 5.74. The molecule has 1 saturated heterocycles. The maximum absolute atomic E-state index is 12.3. The lowest BCUT2D eigenvalue weighted by Gasteiger charge is -2.55. The van der Waals surface area contributed by atoms with Gasteiger partial charge in [-0.25, -0.2) is 0 Å². The molecule has 1 aliphatic carbocycles. The highest BCUT2D eigenvalue weighted by molar-refractivity contribution is 5.81. The first-order valence-corrected chi connectivity index (χ1v) is 7.92. The number of nitrogens with one attached hydrogen (secondary N) is 2. The monoisotopic (exact) mass is 284 g/mol. The Morgan fingerprint density at radius 1 is 1.40 bits per heavy atom. The van der Waals surface area contributed by atoms with Crippen LogP contribution in [0.2, 0.25) is 0 Å². The summed E-state index contributed by atoms with van der Waals surface area (Å²) in [7, 11) is 0. The number of ether oxygens (including phenoxy) is 2. The van der Waals surface area contributed by atoms with Gasteiger partial charge >= 0.3 is 0 Å². The van der Waals surface area contributed by atoms with Crippen molar-refractivity contribution in [2.24, 2.45) is 5.41 Å². The summed E-state index contributed by atoms with van der Waals surface area (Å²) in [5.74, 6) is 0.0171. The van der Waals surface area contributed by atoms with Crippen LogP contribution in [0.1, 0.15) is 40.0 Å². The Bertz CT molecular complexity index is 325. The van der Waals surface area contributed by atoms with Crippen LogP contribution in [0.3, 0.4) is 0 Å². The van der Waals surface area contributed by atoms with Crippen molar-refractivity contribution < 1.29 is 14.3 Å². The van der Waals surface area contributed by atoms with Crippen molar-refractivity contribution in [3.05, 3.63) is 0 Å². The van der Waals surface area contributed by atoms with E-state index < -0.39 is 0 Å². The summed E-state index contributed by atoms with van der Waals surface area (Å²) >= 11 is 0. The van der Waals surface area contributed by atoms with Crippen LogP contribution in [0.25, 0.3) is 0 Å². The standard InChI is InChI=1S/C15H28N2O3/c1-4-15(5-2)12(9-13(15)19-6-3)17-14(18)11-10-16-7-8-20-11/h11-13,16H,4-10H2,1-3H3,(H,17,18). The highest BCUT2D eigenvalue weighted by Gasteiger charge is 2.54. The van der Waals surface area contributed by atoms with E-state index in [0.717, 1.165) is 32.4 Å². The van der Waals surface area contributed by atoms with E-state index in [1.165, 1.54) is 0 Å². The first-order chi connectivity index (χ1) is 9.67. The SMILES string of the molecule is CCOC1CC(NC(=O)C2CNCCO2)C1(CC)CC. The van der Waals surface area contributed by atoms with Crippen LogP contribution in [0.4, 0.5) is 0 Å². The molecule has 2 N–H and O–H groups in total. The van der Waals surface area contributed by atoms with E-state index in [0.29, 0.717) is 13.2 Å². The van der Waals surface area contributed by atoms with Gasteiger partial charge in [-0.05, 0) is 26.2 Å². The molecular weight excluding hydrogens is 256 g/mol. The Kier molecular flexibility index (Phi) is 5.41. The van der Waals surface area contributed by atoms with Gasteiger partial charge in [0.25, 0.3) is 5.91 Å². The van der Waals surface area contributed by atoms with Gasteiger partial charge in [0.1, 0.15) is 6.10 Å². The van der Waals surface area contributed by atoms with Crippen molar-refractivity contribution in [1.29, 1.82) is 0 Å². The Hall–Kier alpha value is -0.650. The number of rotatable bonds is 6. The minimum absolute atomic E-state index is 0.0171. The van der Waals surface area contributed by atoms with Gasteiger partial charge in [0, 0.05) is 31.2 Å². The summed E-state index contributed by atoms with van der Waals surface area (Å²) in [6, 6.07) is 0.215. The Balaban J connectivity index is 1.93. The fourth-order valence-corrected chi connectivity index (χ4v) is 3.58. The third-order valence-corrected chi connectivity index (χ3v) is 5.01. The number of hydrogen-bond donors (Lipinski definition) is 2. The third kappa shape index (κ3) is 2.85. The van der Waals surface area contributed by atoms with Crippen LogP contribution in [-0.2, 0) is 14.3 Å². The molecular formula is C15H28N2O3. The van der Waals surface area contributed by atoms with Gasteiger partial charge in [0.15, 0.2) is 0 Å². The smallest absolute Gasteiger partial charge is 0.250 e. The van der Waals surface area contributed by atoms with E-state index in [-0.39, 0.29) is 29.6 Å². The molecule has 0 spiro atoms. The Morgan fingerprint density at radius 3 is 2.70 bits per heavy atom. The highest BCUT2D eigenvalue weighted by Crippen LogP contribution is 2.48. The van der Waals surface area contributed by atoms with Gasteiger partial charge in [0.05, 0.1) is 12.7 Å². The molecule has 0 bridgehead atoms. The molecule has 3 atom stereocenters. The highest BCUT2D eigenvalue weighted by atomic mass is 16.5. The van der Waals surface area contributed by atoms with Crippen molar-refractivity contribution in [2.75, 3.05) is 26.3 Å². The molecule has 0 aromatic carbocycles. The predicted octanol–water partition coefficient (Wildman–Crippen LogP) is 1.07. The van der Waals surface area contributed by atoms with Crippen LogP contribution >= 0.6 is 0 Å². The normalized spacial score (nSPS) is 32.5. The molecule has 0 radical (unpaired) electrons. The zero-order valence-electron chi connectivity index (χ0n) is 12.9. The van der Waals surface area contributed by atoms with E-state index in [1.54, 1.807) is 0 Å². The molecule has 5 heteroatoms. The number of hydrogen-bond acceptors (Lipinski definition) is 4. The molecule has 2 rings (SSSR count). The second-order valence-corrected chi connectivity index (χ2v) is 5.74. The summed E-state index contributed by atoms with van der Waals surface area (Å²) in [6.07, 6.45) is 2.91. The van der Waals surface area contributed by atoms with Crippen molar-refractivity contribution in [3.63, 3.8) is 0 Å². The molecule has 2 aliphatic rings. The summed E-state index contributed by atoms with van der Waals surface area (Å²) in [5.41, 5.74) is 0.0910. The largest absolute Gasteiger partial charge is 0.378 e. The fourth-order valence-electron chi connectivity index (χ4n) is 3.58. The molecule has 0 aromatic rings. The molecule has 20 heavy (non-hydrogen) atoms. The number of amides is 1. The van der Waals surface area contributed by atoms with Gasteiger partial charge in [-0.3, -0.25) is 4.79 Å². The number of carbonyl (C=O) groups excluding carboxylic acids is 1. The van der Waals surface area contributed by atoms with Gasteiger partial charge in [-0.1, -0.05) is 13.8 Å². The van der Waals surface area contributed by atoms with Crippen molar-refractivity contribution in [2.45, 2.75) is 58.3 Å². The van der Waals surface area contributed by atoms with Crippen LogP contribution in [0.5, 0.6) is 0 Å². The fraction of sp³-hybridized carbons (Fsp3) is 0.933. The molecule has 5 nitrogen and oxygen atoms in total. The maximum Gasteiger partial charge on any atom is 0.250 e. The lowest BCUT2D eigenvalue weighted by Crippen LogP contribution is -2.66. The van der Waals surface area contributed by atoms with Crippen molar-refractivity contribution >= 4 is 5.91 Å². The summed E-state index contributed by atoms with van der Waals surface area (Å²) < 4.78 is 11.4. The summed E-state index contributed by atoms with van der Waals surface area (Å²) in [5, 5.41) is 6.38. The lowest BCUT2D eigenvalue weighted by molar-refractivity contribution is -0.155. The average molecular weight is 284 g/mol. The van der Waals surface area contributed by atoms with E-state index in [9.17, 15) is 4.79 Å². The Morgan fingerprint density at radius 2 is 2.15 bits per heavy atom. The molecule has 1 amide bonds. The van der Waals surface area contributed by atoms with Gasteiger partial charge in [-0.15, -0.1) is 0 Å². The van der Waals surface area contributed by atoms with E-state index in [2.05, 4.69) is 24.5 Å². The van der Waals surface area contributed by atoms with Gasteiger partial charge < -0.3 is 20.1 Å². The average Bonchev–Trinajstić information content (AvgIpc) is 2.48. The minimum atomic E-state index is -0.346. The van der Waals surface area contributed by atoms with Gasteiger partial charge in [0.2, 0.25) is 0 Å². The molecule has 2 fully saturated rings. The van der Waals surface area contributed by atoms with Crippen LogP contribution in [0, 0.1) is 5.41 Å². The number of carbonyl (C=O) groups is 1. The molecule has 3 unspecified atom stereocenters. The molecule has 1 saturated carbocycles. The molecule has 1 aliphatic heterocycles. The lowest BCUT2D eigenvalue weighted by atomic mass is 9.58. The quantitative estimate of drug-likeness (QED) is 0.766. The molecule has 0 aromatic heterocycles.